The molecule has 3 rings (SSSR count). The van der Waals surface area contributed by atoms with Crippen LogP contribution in [-0.4, -0.2) is 20.9 Å². The van der Waals surface area contributed by atoms with Crippen LogP contribution in [0.2, 0.25) is 10.0 Å². The van der Waals surface area contributed by atoms with Crippen LogP contribution in [-0.2, 0) is 10.0 Å². The van der Waals surface area contributed by atoms with Crippen molar-refractivity contribution < 1.29 is 13.2 Å². The molecule has 1 amide bonds. The number of halogens is 2. The number of carbonyl (C=O) groups excluding carboxylic acids is 1. The van der Waals surface area contributed by atoms with Crippen LogP contribution in [0.3, 0.4) is 0 Å². The maximum atomic E-state index is 13.4. The minimum atomic E-state index is -3.97. The SMILES string of the molecule is C=CCN(c1ccccc1)S(=O)(=O)c1ccc(Cl)c(C(=O)Nc2cc(Cl)ccc2C)c1. The van der Waals surface area contributed by atoms with E-state index in [0.29, 0.717) is 16.4 Å². The summed E-state index contributed by atoms with van der Waals surface area (Å²) in [5.74, 6) is -0.539. The third kappa shape index (κ3) is 5.10. The molecule has 0 aliphatic heterocycles. The van der Waals surface area contributed by atoms with Crippen LogP contribution in [0.25, 0.3) is 0 Å². The van der Waals surface area contributed by atoms with Gasteiger partial charge in [-0.25, -0.2) is 8.42 Å². The Bertz CT molecular complexity index is 1230. The van der Waals surface area contributed by atoms with Gasteiger partial charge in [-0.2, -0.15) is 0 Å². The fraction of sp³-hybridized carbons (Fsp3) is 0.0870. The number of amides is 1. The summed E-state index contributed by atoms with van der Waals surface area (Å²) < 4.78 is 27.9. The van der Waals surface area contributed by atoms with E-state index in [1.54, 1.807) is 48.5 Å². The van der Waals surface area contributed by atoms with Crippen LogP contribution in [0.15, 0.2) is 84.3 Å². The molecule has 1 N–H and O–H groups in total. The smallest absolute Gasteiger partial charge is 0.264 e. The Morgan fingerprint density at radius 2 is 1.77 bits per heavy atom. The number of hydrogen-bond donors (Lipinski definition) is 1. The molecule has 0 spiro atoms. The molecule has 0 aromatic heterocycles. The number of nitrogens with one attached hydrogen (secondary N) is 1. The first kappa shape index (κ1) is 22.9. The second-order valence-corrected chi connectivity index (χ2v) is 9.42. The normalized spacial score (nSPS) is 11.1. The zero-order valence-electron chi connectivity index (χ0n) is 16.7. The van der Waals surface area contributed by atoms with Crippen molar-refractivity contribution in [2.24, 2.45) is 0 Å². The molecule has 3 aromatic carbocycles. The first-order valence-electron chi connectivity index (χ1n) is 9.30. The molecule has 0 heterocycles. The number of aryl methyl sites for hydroxylation is 1. The molecule has 0 aliphatic rings. The summed E-state index contributed by atoms with van der Waals surface area (Å²) in [7, 11) is -3.97. The van der Waals surface area contributed by atoms with Crippen molar-refractivity contribution >= 4 is 50.5 Å². The lowest BCUT2D eigenvalue weighted by molar-refractivity contribution is 0.102. The largest absolute Gasteiger partial charge is 0.322 e. The Morgan fingerprint density at radius 1 is 1.06 bits per heavy atom. The number of sulfonamides is 1. The van der Waals surface area contributed by atoms with Gasteiger partial charge in [-0.05, 0) is 55.0 Å². The third-order valence-corrected chi connectivity index (χ3v) is 6.91. The molecule has 5 nitrogen and oxygen atoms in total. The number of para-hydroxylation sites is 1. The first-order valence-corrected chi connectivity index (χ1v) is 11.5. The number of benzene rings is 3. The van der Waals surface area contributed by atoms with Crippen molar-refractivity contribution in [2.75, 3.05) is 16.2 Å². The maximum Gasteiger partial charge on any atom is 0.264 e. The van der Waals surface area contributed by atoms with Crippen LogP contribution in [0.5, 0.6) is 0 Å². The number of hydrogen-bond acceptors (Lipinski definition) is 3. The molecule has 8 heteroatoms. The van der Waals surface area contributed by atoms with Gasteiger partial charge in [0.05, 0.1) is 27.7 Å². The first-order chi connectivity index (χ1) is 14.7. The summed E-state index contributed by atoms with van der Waals surface area (Å²) in [6, 6.07) is 17.8. The average molecular weight is 475 g/mol. The summed E-state index contributed by atoms with van der Waals surface area (Å²) in [5, 5.41) is 3.34. The summed E-state index contributed by atoms with van der Waals surface area (Å²) in [6.07, 6.45) is 1.50. The molecule has 3 aromatic rings. The third-order valence-electron chi connectivity index (χ3n) is 4.56. The number of nitrogens with zero attached hydrogens (tertiary/aromatic N) is 1. The Kier molecular flexibility index (Phi) is 7.05. The second kappa shape index (κ2) is 9.56. The van der Waals surface area contributed by atoms with E-state index in [1.807, 2.05) is 6.92 Å². The molecule has 0 saturated carbocycles. The molecular formula is C23H20Cl2N2O3S. The minimum absolute atomic E-state index is 0.0359. The maximum absolute atomic E-state index is 13.4. The monoisotopic (exact) mass is 474 g/mol. The zero-order chi connectivity index (χ0) is 22.6. The van der Waals surface area contributed by atoms with Gasteiger partial charge < -0.3 is 5.32 Å². The fourth-order valence-corrected chi connectivity index (χ4v) is 4.78. The summed E-state index contributed by atoms with van der Waals surface area (Å²) >= 11 is 12.2. The predicted octanol–water partition coefficient (Wildman–Crippen LogP) is 5.94. The number of carbonyl (C=O) groups is 1. The van der Waals surface area contributed by atoms with Crippen molar-refractivity contribution in [1.82, 2.24) is 0 Å². The van der Waals surface area contributed by atoms with Gasteiger partial charge in [-0.3, -0.25) is 9.10 Å². The van der Waals surface area contributed by atoms with Crippen LogP contribution < -0.4 is 9.62 Å². The van der Waals surface area contributed by atoms with Gasteiger partial charge in [0.2, 0.25) is 0 Å². The minimum Gasteiger partial charge on any atom is -0.322 e. The van der Waals surface area contributed by atoms with Crippen molar-refractivity contribution in [3.05, 3.63) is 101 Å². The Labute approximate surface area is 192 Å². The Balaban J connectivity index is 2.00. The lowest BCUT2D eigenvalue weighted by atomic mass is 10.1. The van der Waals surface area contributed by atoms with Gasteiger partial charge in [0, 0.05) is 10.7 Å². The van der Waals surface area contributed by atoms with Crippen molar-refractivity contribution in [3.8, 4) is 0 Å². The highest BCUT2D eigenvalue weighted by Crippen LogP contribution is 2.28. The van der Waals surface area contributed by atoms with E-state index >= 15 is 0 Å². The summed E-state index contributed by atoms with van der Waals surface area (Å²) in [5.41, 5.74) is 1.84. The van der Waals surface area contributed by atoms with Crippen molar-refractivity contribution in [3.63, 3.8) is 0 Å². The average Bonchev–Trinajstić information content (AvgIpc) is 2.75. The standard InChI is InChI=1S/C23H20Cl2N2O3S/c1-3-13-27(18-7-5-4-6-8-18)31(29,30)19-11-12-21(25)20(15-19)23(28)26-22-14-17(24)10-9-16(22)2/h3-12,14-15H,1,13H2,2H3,(H,26,28). The van der Waals surface area contributed by atoms with E-state index in [4.69, 9.17) is 23.2 Å². The van der Waals surface area contributed by atoms with Gasteiger partial charge >= 0.3 is 0 Å². The fourth-order valence-electron chi connectivity index (χ4n) is 2.94. The second-order valence-electron chi connectivity index (χ2n) is 6.72. The van der Waals surface area contributed by atoms with Crippen LogP contribution in [0.4, 0.5) is 11.4 Å². The quantitative estimate of drug-likeness (QED) is 0.431. The molecule has 0 atom stereocenters. The van der Waals surface area contributed by atoms with Gasteiger partial charge in [-0.1, -0.05) is 53.5 Å². The van der Waals surface area contributed by atoms with E-state index in [9.17, 15) is 13.2 Å². The lowest BCUT2D eigenvalue weighted by Gasteiger charge is -2.23. The van der Waals surface area contributed by atoms with Gasteiger partial charge in [0.15, 0.2) is 0 Å². The highest BCUT2D eigenvalue weighted by atomic mass is 35.5. The molecule has 0 aliphatic carbocycles. The van der Waals surface area contributed by atoms with Gasteiger partial charge in [0.1, 0.15) is 0 Å². The summed E-state index contributed by atoms with van der Waals surface area (Å²) in [6.45, 7) is 5.54. The molecular weight excluding hydrogens is 455 g/mol. The Morgan fingerprint density at radius 3 is 2.45 bits per heavy atom. The van der Waals surface area contributed by atoms with Gasteiger partial charge in [-0.15, -0.1) is 6.58 Å². The Hall–Kier alpha value is -2.80. The molecule has 0 bridgehead atoms. The molecule has 0 unspecified atom stereocenters. The van der Waals surface area contributed by atoms with Crippen LogP contribution >= 0.6 is 23.2 Å². The predicted molar refractivity (Wildman–Crippen MR) is 127 cm³/mol. The zero-order valence-corrected chi connectivity index (χ0v) is 19.0. The van der Waals surface area contributed by atoms with Crippen molar-refractivity contribution in [1.29, 1.82) is 0 Å². The highest BCUT2D eigenvalue weighted by molar-refractivity contribution is 7.92. The molecule has 0 fully saturated rings. The number of anilines is 2. The molecule has 160 valence electrons. The molecule has 31 heavy (non-hydrogen) atoms. The summed E-state index contributed by atoms with van der Waals surface area (Å²) in [4.78, 5) is 12.8. The van der Waals surface area contributed by atoms with E-state index in [2.05, 4.69) is 11.9 Å². The van der Waals surface area contributed by atoms with Crippen molar-refractivity contribution in [2.45, 2.75) is 11.8 Å². The topological polar surface area (TPSA) is 66.5 Å². The van der Waals surface area contributed by atoms with Crippen LogP contribution in [0.1, 0.15) is 15.9 Å². The number of rotatable bonds is 7. The van der Waals surface area contributed by atoms with E-state index in [0.717, 1.165) is 5.56 Å². The van der Waals surface area contributed by atoms with E-state index in [1.165, 1.54) is 28.6 Å². The highest BCUT2D eigenvalue weighted by Gasteiger charge is 2.26. The van der Waals surface area contributed by atoms with E-state index in [-0.39, 0.29) is 22.0 Å². The molecule has 0 saturated heterocycles. The molecule has 0 radical (unpaired) electrons. The van der Waals surface area contributed by atoms with Gasteiger partial charge in [0.25, 0.3) is 15.9 Å². The lowest BCUT2D eigenvalue weighted by Crippen LogP contribution is -2.31. The van der Waals surface area contributed by atoms with E-state index < -0.39 is 15.9 Å². The van der Waals surface area contributed by atoms with Crippen LogP contribution in [0, 0.1) is 6.92 Å².